The van der Waals surface area contributed by atoms with Crippen LogP contribution in [0.4, 0.5) is 0 Å². The van der Waals surface area contributed by atoms with Crippen LogP contribution in [0.3, 0.4) is 0 Å². The average molecular weight is 394 g/mol. The van der Waals surface area contributed by atoms with Gasteiger partial charge in [0, 0.05) is 44.7 Å². The fourth-order valence-corrected chi connectivity index (χ4v) is 4.68. The van der Waals surface area contributed by atoms with Crippen molar-refractivity contribution < 1.29 is 9.90 Å². The zero-order valence-electron chi connectivity index (χ0n) is 16.9. The van der Waals surface area contributed by atoms with Crippen LogP contribution >= 0.6 is 0 Å². The Balaban J connectivity index is 1.34. The quantitative estimate of drug-likeness (QED) is 0.701. The van der Waals surface area contributed by atoms with Crippen LogP contribution in [0.1, 0.15) is 28.7 Å². The maximum atomic E-state index is 12.8. The average Bonchev–Trinajstić information content (AvgIpc) is 2.76. The lowest BCUT2D eigenvalue weighted by Gasteiger charge is -2.38. The number of rotatable bonds is 6. The lowest BCUT2D eigenvalue weighted by molar-refractivity contribution is -0.122. The summed E-state index contributed by atoms with van der Waals surface area (Å²) in [6.45, 7) is 4.59. The molecule has 0 bridgehead atoms. The normalized spacial score (nSPS) is 22.1. The Bertz CT molecular complexity index is 824. The Hall–Kier alpha value is -2.21. The molecule has 2 atom stereocenters. The molecule has 5 heteroatoms. The molecule has 2 heterocycles. The Labute approximate surface area is 173 Å². The summed E-state index contributed by atoms with van der Waals surface area (Å²) in [5.41, 5.74) is 5.07. The summed E-state index contributed by atoms with van der Waals surface area (Å²) in [5, 5.41) is 16.5. The number of nitrogens with zero attached hydrogens (tertiary/aromatic N) is 1. The van der Waals surface area contributed by atoms with Crippen molar-refractivity contribution in [3.8, 4) is 0 Å². The maximum Gasteiger partial charge on any atom is 0.224 e. The number of nitrogens with one attached hydrogen (secondary N) is 2. The van der Waals surface area contributed by atoms with Crippen molar-refractivity contribution in [1.29, 1.82) is 0 Å². The topological polar surface area (TPSA) is 64.6 Å². The number of aliphatic hydroxyl groups is 1. The molecule has 2 aromatic rings. The number of fused-ring (bicyclic) bond motifs is 1. The van der Waals surface area contributed by atoms with Crippen molar-refractivity contribution in [1.82, 2.24) is 15.5 Å². The lowest BCUT2D eigenvalue weighted by atomic mass is 9.91. The van der Waals surface area contributed by atoms with E-state index >= 15 is 0 Å². The number of carbonyl (C=O) groups excluding carboxylic acids is 1. The molecule has 2 aliphatic rings. The molecule has 29 heavy (non-hydrogen) atoms. The van der Waals surface area contributed by atoms with Gasteiger partial charge in [-0.05, 0) is 41.6 Å². The van der Waals surface area contributed by atoms with Crippen LogP contribution in [0, 0.1) is 5.92 Å². The number of piperidine rings is 1. The minimum absolute atomic E-state index is 0.0423. The molecule has 1 amide bonds. The van der Waals surface area contributed by atoms with Crippen LogP contribution in [0.15, 0.2) is 48.5 Å². The molecule has 0 spiro atoms. The van der Waals surface area contributed by atoms with Crippen molar-refractivity contribution in [2.75, 3.05) is 26.2 Å². The molecule has 0 radical (unpaired) electrons. The minimum Gasteiger partial charge on any atom is -0.396 e. The number of likely N-dealkylation sites (tertiary alicyclic amines) is 1. The van der Waals surface area contributed by atoms with Gasteiger partial charge in [-0.1, -0.05) is 48.5 Å². The summed E-state index contributed by atoms with van der Waals surface area (Å²) in [6, 6.07) is 16.7. The van der Waals surface area contributed by atoms with Crippen molar-refractivity contribution in [3.63, 3.8) is 0 Å². The molecular weight excluding hydrogens is 362 g/mol. The molecule has 2 aliphatic heterocycles. The number of benzene rings is 2. The molecule has 2 aromatic carbocycles. The molecule has 1 saturated heterocycles. The first kappa shape index (κ1) is 20.1. The molecule has 1 fully saturated rings. The third-order valence-electron chi connectivity index (χ3n) is 6.24. The van der Waals surface area contributed by atoms with E-state index in [1.54, 1.807) is 0 Å². The number of hydrogen-bond acceptors (Lipinski definition) is 4. The highest BCUT2D eigenvalue weighted by Crippen LogP contribution is 2.21. The Morgan fingerprint density at radius 1 is 1.17 bits per heavy atom. The van der Waals surface area contributed by atoms with Gasteiger partial charge in [-0.2, -0.15) is 0 Å². The summed E-state index contributed by atoms with van der Waals surface area (Å²) in [7, 11) is 0. The fourth-order valence-electron chi connectivity index (χ4n) is 4.68. The molecule has 4 rings (SSSR count). The van der Waals surface area contributed by atoms with Gasteiger partial charge < -0.3 is 15.7 Å². The van der Waals surface area contributed by atoms with Gasteiger partial charge in [0.15, 0.2) is 0 Å². The van der Waals surface area contributed by atoms with E-state index in [0.29, 0.717) is 6.42 Å². The smallest absolute Gasteiger partial charge is 0.224 e. The number of amides is 1. The summed E-state index contributed by atoms with van der Waals surface area (Å²) < 4.78 is 0. The minimum atomic E-state index is 0.0423. The Kier molecular flexibility index (Phi) is 6.60. The Morgan fingerprint density at radius 2 is 2.03 bits per heavy atom. The third-order valence-corrected chi connectivity index (χ3v) is 6.24. The van der Waals surface area contributed by atoms with E-state index in [1.165, 1.54) is 16.7 Å². The van der Waals surface area contributed by atoms with Gasteiger partial charge in [-0.25, -0.2) is 0 Å². The van der Waals surface area contributed by atoms with Gasteiger partial charge in [0.25, 0.3) is 0 Å². The molecular formula is C24H31N3O2. The Morgan fingerprint density at radius 3 is 2.86 bits per heavy atom. The van der Waals surface area contributed by atoms with Crippen LogP contribution in [-0.2, 0) is 30.7 Å². The molecule has 0 aliphatic carbocycles. The SMILES string of the molecule is O=C(Cc1cccc2c1CCNC2)N[C@@H]1CCN(Cc2ccccc2)C[C@H]1CO. The van der Waals surface area contributed by atoms with E-state index in [4.69, 9.17) is 0 Å². The highest BCUT2D eigenvalue weighted by Gasteiger charge is 2.30. The van der Waals surface area contributed by atoms with Gasteiger partial charge in [-0.15, -0.1) is 0 Å². The maximum absolute atomic E-state index is 12.8. The lowest BCUT2D eigenvalue weighted by Crippen LogP contribution is -2.52. The first-order valence-corrected chi connectivity index (χ1v) is 10.7. The summed E-state index contributed by atoms with van der Waals surface area (Å²) in [5.74, 6) is 0.141. The van der Waals surface area contributed by atoms with Crippen LogP contribution in [-0.4, -0.2) is 48.2 Å². The van der Waals surface area contributed by atoms with Crippen LogP contribution in [0.2, 0.25) is 0 Å². The van der Waals surface area contributed by atoms with Gasteiger partial charge in [-0.3, -0.25) is 9.69 Å². The highest BCUT2D eigenvalue weighted by atomic mass is 16.3. The van der Waals surface area contributed by atoms with E-state index in [2.05, 4.69) is 51.9 Å². The summed E-state index contributed by atoms with van der Waals surface area (Å²) >= 11 is 0. The van der Waals surface area contributed by atoms with E-state index in [-0.39, 0.29) is 24.5 Å². The fraction of sp³-hybridized carbons (Fsp3) is 0.458. The monoisotopic (exact) mass is 393 g/mol. The first-order chi connectivity index (χ1) is 14.2. The van der Waals surface area contributed by atoms with Crippen LogP contribution < -0.4 is 10.6 Å². The molecule has 5 nitrogen and oxygen atoms in total. The standard InChI is InChI=1S/C24H31N3O2/c28-17-21-16-27(15-18-5-2-1-3-6-18)12-10-23(21)26-24(29)13-19-7-4-8-20-14-25-11-9-22(19)20/h1-8,21,23,25,28H,9-17H2,(H,26,29)/t21-,23+/m0/s1. The van der Waals surface area contributed by atoms with Gasteiger partial charge >= 0.3 is 0 Å². The summed E-state index contributed by atoms with van der Waals surface area (Å²) in [4.78, 5) is 15.2. The zero-order valence-corrected chi connectivity index (χ0v) is 16.9. The van der Waals surface area contributed by atoms with E-state index in [9.17, 15) is 9.90 Å². The van der Waals surface area contributed by atoms with Gasteiger partial charge in [0.05, 0.1) is 6.42 Å². The second-order valence-corrected chi connectivity index (χ2v) is 8.28. The molecule has 0 aromatic heterocycles. The summed E-state index contributed by atoms with van der Waals surface area (Å²) in [6.07, 6.45) is 2.28. The van der Waals surface area contributed by atoms with E-state index in [0.717, 1.165) is 51.1 Å². The molecule has 154 valence electrons. The second kappa shape index (κ2) is 9.53. The molecule has 3 N–H and O–H groups in total. The predicted octanol–water partition coefficient (Wildman–Crippen LogP) is 1.87. The highest BCUT2D eigenvalue weighted by molar-refractivity contribution is 5.79. The third kappa shape index (κ3) is 5.04. The largest absolute Gasteiger partial charge is 0.396 e. The van der Waals surface area contributed by atoms with E-state index in [1.807, 2.05) is 12.1 Å². The first-order valence-electron chi connectivity index (χ1n) is 10.7. The van der Waals surface area contributed by atoms with Crippen molar-refractivity contribution >= 4 is 5.91 Å². The molecule has 0 unspecified atom stereocenters. The van der Waals surface area contributed by atoms with Crippen LogP contribution in [0.5, 0.6) is 0 Å². The second-order valence-electron chi connectivity index (χ2n) is 8.28. The number of carbonyl (C=O) groups is 1. The molecule has 0 saturated carbocycles. The van der Waals surface area contributed by atoms with Crippen molar-refractivity contribution in [2.24, 2.45) is 5.92 Å². The number of aliphatic hydroxyl groups excluding tert-OH is 1. The zero-order chi connectivity index (χ0) is 20.1. The van der Waals surface area contributed by atoms with Gasteiger partial charge in [0.2, 0.25) is 5.91 Å². The predicted molar refractivity (Wildman–Crippen MR) is 114 cm³/mol. The van der Waals surface area contributed by atoms with E-state index < -0.39 is 0 Å². The van der Waals surface area contributed by atoms with Crippen LogP contribution in [0.25, 0.3) is 0 Å². The number of hydrogen-bond donors (Lipinski definition) is 3. The van der Waals surface area contributed by atoms with Crippen molar-refractivity contribution in [2.45, 2.75) is 38.4 Å². The van der Waals surface area contributed by atoms with Gasteiger partial charge in [0.1, 0.15) is 0 Å². The van der Waals surface area contributed by atoms with Crippen molar-refractivity contribution in [3.05, 3.63) is 70.8 Å².